The van der Waals surface area contributed by atoms with Crippen LogP contribution >= 0.6 is 0 Å². The second kappa shape index (κ2) is 9.88. The molecule has 2 aromatic carbocycles. The molecule has 1 amide bonds. The van der Waals surface area contributed by atoms with Crippen molar-refractivity contribution in [3.05, 3.63) is 66.0 Å². The number of nitrogens with two attached hydrogens (primary N) is 1. The number of nitrogens with one attached hydrogen (secondary N) is 1. The molecule has 5 rings (SSSR count). The largest absolute Gasteiger partial charge is 0.383 e. The van der Waals surface area contributed by atoms with E-state index >= 15 is 8.78 Å². The molecule has 0 atom stereocenters. The Morgan fingerprint density at radius 1 is 1.21 bits per heavy atom. The molecule has 39 heavy (non-hydrogen) atoms. The van der Waals surface area contributed by atoms with Crippen molar-refractivity contribution in [1.29, 1.82) is 0 Å². The number of aryl methyl sites for hydroxylation is 2. The van der Waals surface area contributed by atoms with Crippen molar-refractivity contribution in [1.82, 2.24) is 14.5 Å². The third-order valence-corrected chi connectivity index (χ3v) is 9.04. The summed E-state index contributed by atoms with van der Waals surface area (Å²) in [5.41, 5.74) is 6.80. The molecule has 1 saturated heterocycles. The van der Waals surface area contributed by atoms with Crippen LogP contribution < -0.4 is 11.1 Å². The number of anilines is 2. The quantitative estimate of drug-likeness (QED) is 0.300. The monoisotopic (exact) mass is 553 g/mol. The Morgan fingerprint density at radius 3 is 2.62 bits per heavy atom. The number of nitrogen functional groups attached to an aromatic ring is 1. The molecule has 8 nitrogen and oxygen atoms in total. The molecule has 202 valence electrons. The first-order valence-electron chi connectivity index (χ1n) is 13.7. The Bertz CT molecular complexity index is 1900. The summed E-state index contributed by atoms with van der Waals surface area (Å²) in [6.07, 6.45) is 2.59. The number of carbonyl (C=O) groups is 1. The number of hydrogen-bond acceptors (Lipinski definition) is 6. The summed E-state index contributed by atoms with van der Waals surface area (Å²) in [6, 6.07) is 6.43. The van der Waals surface area contributed by atoms with Crippen molar-refractivity contribution in [2.75, 3.05) is 22.6 Å². The van der Waals surface area contributed by atoms with Gasteiger partial charge in [0.2, 0.25) is 0 Å². The van der Waals surface area contributed by atoms with Gasteiger partial charge in [0.05, 0.1) is 20.8 Å². The molecule has 4 aromatic rings. The minimum Gasteiger partial charge on any atom is -0.383 e. The van der Waals surface area contributed by atoms with E-state index in [1.54, 1.807) is 6.92 Å². The molecule has 2 aromatic heterocycles. The van der Waals surface area contributed by atoms with Crippen molar-refractivity contribution in [3.8, 4) is 22.4 Å². The summed E-state index contributed by atoms with van der Waals surface area (Å²) in [6.45, 7) is 3.84. The summed E-state index contributed by atoms with van der Waals surface area (Å²) in [7, 11) is -2.56. The highest BCUT2D eigenvalue weighted by Crippen LogP contribution is 2.44. The van der Waals surface area contributed by atoms with Gasteiger partial charge in [0, 0.05) is 45.0 Å². The number of benzene rings is 2. The fraction of sp³-hybridized carbons (Fsp3) is 0.250. The maximum Gasteiger partial charge on any atom is 0.250 e. The van der Waals surface area contributed by atoms with Gasteiger partial charge in [-0.1, -0.05) is 12.6 Å². The summed E-state index contributed by atoms with van der Waals surface area (Å²) in [4.78, 5) is 20.4. The van der Waals surface area contributed by atoms with E-state index in [4.69, 9.17) is 9.85 Å². The van der Waals surface area contributed by atoms with E-state index in [0.717, 1.165) is 35.9 Å². The van der Waals surface area contributed by atoms with E-state index in [2.05, 4.69) is 26.2 Å². The molecule has 0 bridgehead atoms. The smallest absolute Gasteiger partial charge is 0.250 e. The fourth-order valence-electron chi connectivity index (χ4n) is 4.66. The van der Waals surface area contributed by atoms with Gasteiger partial charge in [-0.05, 0) is 62.1 Å². The summed E-state index contributed by atoms with van der Waals surface area (Å²) >= 11 is 0. The molecule has 11 heteroatoms. The Labute approximate surface area is 229 Å². The molecule has 1 aliphatic heterocycles. The van der Waals surface area contributed by atoms with Gasteiger partial charge >= 0.3 is 0 Å². The van der Waals surface area contributed by atoms with Crippen LogP contribution in [0.5, 0.6) is 0 Å². The van der Waals surface area contributed by atoms with Crippen molar-refractivity contribution in [2.45, 2.75) is 26.7 Å². The highest BCUT2D eigenvalue weighted by atomic mass is 32.2. The Morgan fingerprint density at radius 2 is 1.95 bits per heavy atom. The van der Waals surface area contributed by atoms with Gasteiger partial charge in [0.1, 0.15) is 35.1 Å². The normalized spacial score (nSPS) is 15.9. The minimum absolute atomic E-state index is 0.0874. The first-order valence-corrected chi connectivity index (χ1v) is 14.0. The number of nitrogens with zero attached hydrogens (tertiary/aromatic N) is 4. The van der Waals surface area contributed by atoms with Crippen molar-refractivity contribution in [2.24, 2.45) is 11.3 Å². The molecular weight excluding hydrogens is 522 g/mol. The molecule has 0 radical (unpaired) electrons. The second-order valence-corrected chi connectivity index (χ2v) is 12.1. The minimum atomic E-state index is -2.87. The van der Waals surface area contributed by atoms with Crippen molar-refractivity contribution in [3.63, 3.8) is 0 Å². The van der Waals surface area contributed by atoms with Gasteiger partial charge in [-0.15, -0.1) is 0 Å². The summed E-state index contributed by atoms with van der Waals surface area (Å²) < 4.78 is 74.3. The van der Waals surface area contributed by atoms with Crippen molar-refractivity contribution < 1.29 is 21.9 Å². The first kappa shape index (κ1) is 22.8. The van der Waals surface area contributed by atoms with E-state index in [9.17, 15) is 9.00 Å². The SMILES string of the molecule is [2H]C([2H])([2H])n1c(-c2cc(C)c(NC(=O)C(=C)C)cc2F)c(-c2ccc(N=S3(=O)CCCC3)c(F)c2)c2c(N)ncnc21. The summed E-state index contributed by atoms with van der Waals surface area (Å²) in [5, 5.41) is 2.67. The molecule has 0 spiro atoms. The maximum absolute atomic E-state index is 15.9. The van der Waals surface area contributed by atoms with Gasteiger partial charge in [-0.25, -0.2) is 23.0 Å². The number of fused-ring (bicyclic) bond motifs is 1. The summed E-state index contributed by atoms with van der Waals surface area (Å²) in [5.74, 6) is -1.47. The van der Waals surface area contributed by atoms with Crippen LogP contribution in [-0.4, -0.2) is 36.2 Å². The van der Waals surface area contributed by atoms with Crippen LogP contribution in [0.2, 0.25) is 0 Å². The molecule has 0 unspecified atom stereocenters. The zero-order chi connectivity index (χ0) is 30.6. The molecule has 3 N–H and O–H groups in total. The third-order valence-electron chi connectivity index (χ3n) is 6.66. The highest BCUT2D eigenvalue weighted by molar-refractivity contribution is 7.93. The maximum atomic E-state index is 15.9. The van der Waals surface area contributed by atoms with Crippen LogP contribution in [0.25, 0.3) is 33.4 Å². The van der Waals surface area contributed by atoms with Gasteiger partial charge in [0.25, 0.3) is 5.91 Å². The van der Waals surface area contributed by atoms with Crippen LogP contribution in [0.3, 0.4) is 0 Å². The van der Waals surface area contributed by atoms with Crippen LogP contribution in [-0.2, 0) is 21.5 Å². The molecule has 0 saturated carbocycles. The molecule has 0 aliphatic carbocycles. The number of rotatable bonds is 5. The lowest BCUT2D eigenvalue weighted by Gasteiger charge is -2.14. The number of aromatic nitrogens is 3. The number of halogens is 2. The van der Waals surface area contributed by atoms with E-state index in [1.807, 2.05) is 0 Å². The molecule has 3 heterocycles. The van der Waals surface area contributed by atoms with Gasteiger partial charge in [-0.3, -0.25) is 4.79 Å². The van der Waals surface area contributed by atoms with Crippen LogP contribution in [0.15, 0.2) is 53.2 Å². The first-order chi connectivity index (χ1) is 19.7. The van der Waals surface area contributed by atoms with Gasteiger partial charge < -0.3 is 15.6 Å². The molecule has 1 aliphatic rings. The Balaban J connectivity index is 1.81. The number of amides is 1. The number of carbonyl (C=O) groups excluding carboxylic acids is 1. The fourth-order valence-corrected chi connectivity index (χ4v) is 6.87. The zero-order valence-electron chi connectivity index (χ0n) is 24.3. The average Bonchev–Trinajstić information content (AvgIpc) is 3.49. The zero-order valence-corrected chi connectivity index (χ0v) is 22.2. The molecular formula is C28H28F2N6O2S. The highest BCUT2D eigenvalue weighted by Gasteiger charge is 2.25. The van der Waals surface area contributed by atoms with Crippen molar-refractivity contribution >= 4 is 43.9 Å². The predicted molar refractivity (Wildman–Crippen MR) is 151 cm³/mol. The van der Waals surface area contributed by atoms with Crippen LogP contribution in [0.1, 0.15) is 29.4 Å². The van der Waals surface area contributed by atoms with Gasteiger partial charge in [-0.2, -0.15) is 4.36 Å². The lowest BCUT2D eigenvalue weighted by atomic mass is 9.96. The van der Waals surface area contributed by atoms with E-state index in [1.165, 1.54) is 25.1 Å². The van der Waals surface area contributed by atoms with E-state index < -0.39 is 34.2 Å². The Hall–Kier alpha value is -4.12. The predicted octanol–water partition coefficient (Wildman–Crippen LogP) is 5.88. The lowest BCUT2D eigenvalue weighted by molar-refractivity contribution is -0.112. The third kappa shape index (κ3) is 4.78. The average molecular weight is 554 g/mol. The molecule has 1 fully saturated rings. The van der Waals surface area contributed by atoms with Crippen LogP contribution in [0, 0.1) is 18.6 Å². The topological polar surface area (TPSA) is 115 Å². The lowest BCUT2D eigenvalue weighted by Crippen LogP contribution is -2.13. The van der Waals surface area contributed by atoms with Crippen LogP contribution in [0.4, 0.5) is 26.0 Å². The van der Waals surface area contributed by atoms with E-state index in [0.29, 0.717) is 17.1 Å². The second-order valence-electron chi connectivity index (χ2n) is 9.54. The Kier molecular flexibility index (Phi) is 5.78. The standard InChI is InChI=1S/C28H28F2N6O2S/c1-15(2)28(37)34-22-13-19(29)18(11-16(22)3)25-23(24-26(31)32-14-33-27(24)36(25)4)17-7-8-21(20(30)12-17)35-39(38)9-5-6-10-39/h7-8,11-14H,1,5-6,9-10H2,2-4H3,(H,34,37)(H2,31,32,33)/i4D3. The van der Waals surface area contributed by atoms with E-state index in [-0.39, 0.29) is 56.2 Å². The van der Waals surface area contributed by atoms with Gasteiger partial charge in [0.15, 0.2) is 0 Å². The number of hydrogen-bond donors (Lipinski definition) is 2.